The van der Waals surface area contributed by atoms with Gasteiger partial charge in [-0.3, -0.25) is 0 Å². The van der Waals surface area contributed by atoms with Gasteiger partial charge in [-0.15, -0.1) is 13.2 Å². The van der Waals surface area contributed by atoms with Crippen LogP contribution in [0.3, 0.4) is 0 Å². The average molecular weight is 396 g/mol. The Labute approximate surface area is 156 Å². The molecular weight excluding hydrogens is 381 g/mol. The minimum atomic E-state index is -4.94. The highest BCUT2D eigenvalue weighted by molar-refractivity contribution is 5.49. The molecule has 2 aromatic carbocycles. The Kier molecular flexibility index (Phi) is 4.99. The highest BCUT2D eigenvalue weighted by Crippen LogP contribution is 2.32. The summed E-state index contributed by atoms with van der Waals surface area (Å²) in [6, 6.07) is 8.12. The van der Waals surface area contributed by atoms with E-state index >= 15 is 0 Å². The molecule has 11 heteroatoms. The second kappa shape index (κ2) is 7.25. The predicted octanol–water partition coefficient (Wildman–Crippen LogP) is 2.46. The Bertz CT molecular complexity index is 1060. The van der Waals surface area contributed by atoms with Gasteiger partial charge in [-0.05, 0) is 53.2 Å². The van der Waals surface area contributed by atoms with E-state index in [0.717, 1.165) is 15.4 Å². The molecular formula is C17H15F3N4O4. The lowest BCUT2D eigenvalue weighted by Gasteiger charge is -2.17. The maximum absolute atomic E-state index is 12.8. The van der Waals surface area contributed by atoms with Gasteiger partial charge in [0.25, 0.3) is 0 Å². The van der Waals surface area contributed by atoms with Gasteiger partial charge >= 0.3 is 12.1 Å². The fourth-order valence-corrected chi connectivity index (χ4v) is 2.53. The number of hydrogen-bond acceptors (Lipinski definition) is 6. The van der Waals surface area contributed by atoms with E-state index < -0.39 is 17.8 Å². The van der Waals surface area contributed by atoms with Gasteiger partial charge in [0.05, 0.1) is 11.3 Å². The molecule has 0 unspecified atom stereocenters. The molecule has 1 N–H and O–H groups in total. The number of ether oxygens (including phenoxy) is 2. The second-order valence-corrected chi connectivity index (χ2v) is 5.84. The summed E-state index contributed by atoms with van der Waals surface area (Å²) in [5.74, 6) is -0.159. The Hall–Kier alpha value is -3.50. The largest absolute Gasteiger partial charge is 0.573 e. The topological polar surface area (TPSA) is 91.4 Å². The van der Waals surface area contributed by atoms with Crippen molar-refractivity contribution in [3.63, 3.8) is 0 Å². The lowest BCUT2D eigenvalue weighted by molar-refractivity contribution is -0.275. The van der Waals surface area contributed by atoms with Crippen LogP contribution in [0.1, 0.15) is 11.1 Å². The number of aryl methyl sites for hydroxylation is 2. The predicted molar refractivity (Wildman–Crippen MR) is 90.5 cm³/mol. The van der Waals surface area contributed by atoms with Crippen LogP contribution >= 0.6 is 0 Å². The summed E-state index contributed by atoms with van der Waals surface area (Å²) >= 11 is 0. The number of aromatic nitrogens is 4. The van der Waals surface area contributed by atoms with Crippen LogP contribution in [0.5, 0.6) is 17.2 Å². The first-order valence-corrected chi connectivity index (χ1v) is 7.95. The van der Waals surface area contributed by atoms with Crippen LogP contribution in [-0.2, 0) is 13.7 Å². The standard InChI is InChI=1S/C17H15F3N4O4/c1-10-8-11(25)6-7-14(10)27-9-12-13(24-16(26)23(2)21-22-24)4-3-5-15(12)28-17(18,19)20/h3-8,25H,9H2,1-2H3. The molecule has 148 valence electrons. The molecule has 0 saturated carbocycles. The summed E-state index contributed by atoms with van der Waals surface area (Å²) in [4.78, 5) is 12.2. The Morgan fingerprint density at radius 2 is 1.89 bits per heavy atom. The van der Waals surface area contributed by atoms with Gasteiger partial charge in [0.2, 0.25) is 0 Å². The molecule has 0 spiro atoms. The molecule has 3 rings (SSSR count). The van der Waals surface area contributed by atoms with Gasteiger partial charge in [-0.25, -0.2) is 4.79 Å². The van der Waals surface area contributed by atoms with Crippen molar-refractivity contribution in [2.45, 2.75) is 19.9 Å². The summed E-state index contributed by atoms with van der Waals surface area (Å²) in [6.45, 7) is 1.32. The molecule has 0 fully saturated rings. The molecule has 0 amide bonds. The van der Waals surface area contributed by atoms with E-state index in [0.29, 0.717) is 11.3 Å². The summed E-state index contributed by atoms with van der Waals surface area (Å²) < 4.78 is 49.9. The maximum atomic E-state index is 12.8. The zero-order valence-electron chi connectivity index (χ0n) is 14.8. The second-order valence-electron chi connectivity index (χ2n) is 5.84. The van der Waals surface area contributed by atoms with Crippen LogP contribution < -0.4 is 15.2 Å². The molecule has 0 atom stereocenters. The van der Waals surface area contributed by atoms with E-state index in [9.17, 15) is 23.1 Å². The molecule has 0 aliphatic rings. The van der Waals surface area contributed by atoms with Crippen LogP contribution in [0.25, 0.3) is 5.69 Å². The zero-order chi connectivity index (χ0) is 20.5. The van der Waals surface area contributed by atoms with Crippen molar-refractivity contribution in [1.29, 1.82) is 0 Å². The highest BCUT2D eigenvalue weighted by Gasteiger charge is 2.33. The number of nitrogens with zero attached hydrogens (tertiary/aromatic N) is 4. The molecule has 0 aliphatic heterocycles. The van der Waals surface area contributed by atoms with E-state index in [1.54, 1.807) is 6.92 Å². The van der Waals surface area contributed by atoms with E-state index in [-0.39, 0.29) is 23.6 Å². The normalized spacial score (nSPS) is 11.5. The van der Waals surface area contributed by atoms with E-state index in [2.05, 4.69) is 15.2 Å². The average Bonchev–Trinajstić information content (AvgIpc) is 2.93. The number of phenolic OH excluding ortho intramolecular Hbond substituents is 1. The van der Waals surface area contributed by atoms with Gasteiger partial charge < -0.3 is 14.6 Å². The van der Waals surface area contributed by atoms with Crippen molar-refractivity contribution in [2.75, 3.05) is 0 Å². The lowest BCUT2D eigenvalue weighted by Crippen LogP contribution is -2.24. The first-order chi connectivity index (χ1) is 13.2. The van der Waals surface area contributed by atoms with Crippen molar-refractivity contribution in [2.24, 2.45) is 7.05 Å². The lowest BCUT2D eigenvalue weighted by atomic mass is 10.1. The number of benzene rings is 2. The molecule has 1 heterocycles. The van der Waals surface area contributed by atoms with Crippen molar-refractivity contribution >= 4 is 0 Å². The van der Waals surface area contributed by atoms with E-state index in [1.807, 2.05) is 0 Å². The van der Waals surface area contributed by atoms with Crippen LogP contribution in [0.2, 0.25) is 0 Å². The number of phenols is 1. The van der Waals surface area contributed by atoms with Crippen molar-refractivity contribution in [1.82, 2.24) is 19.8 Å². The van der Waals surface area contributed by atoms with Gasteiger partial charge in [0.15, 0.2) is 0 Å². The summed E-state index contributed by atoms with van der Waals surface area (Å²) in [5, 5.41) is 16.7. The third-order valence-corrected chi connectivity index (χ3v) is 3.81. The highest BCUT2D eigenvalue weighted by atomic mass is 19.4. The van der Waals surface area contributed by atoms with Crippen LogP contribution in [0.15, 0.2) is 41.2 Å². The van der Waals surface area contributed by atoms with Crippen molar-refractivity contribution in [3.05, 3.63) is 58.0 Å². The van der Waals surface area contributed by atoms with Crippen LogP contribution in [0.4, 0.5) is 13.2 Å². The number of alkyl halides is 3. The van der Waals surface area contributed by atoms with Gasteiger partial charge in [0.1, 0.15) is 23.9 Å². The Balaban J connectivity index is 2.04. The fraction of sp³-hybridized carbons (Fsp3) is 0.235. The quantitative estimate of drug-likeness (QED) is 0.713. The fourth-order valence-electron chi connectivity index (χ4n) is 2.53. The minimum absolute atomic E-state index is 0.0254. The van der Waals surface area contributed by atoms with Gasteiger partial charge in [-0.1, -0.05) is 6.07 Å². The van der Waals surface area contributed by atoms with Crippen molar-refractivity contribution < 1.29 is 27.8 Å². The molecule has 1 aromatic heterocycles. The molecule has 28 heavy (non-hydrogen) atoms. The Morgan fingerprint density at radius 3 is 2.50 bits per heavy atom. The SMILES string of the molecule is Cc1cc(O)ccc1OCc1c(OC(F)(F)F)cccc1-n1nnn(C)c1=O. The molecule has 0 radical (unpaired) electrons. The number of halogens is 3. The van der Waals surface area contributed by atoms with Gasteiger partial charge in [-0.2, -0.15) is 9.36 Å². The third-order valence-electron chi connectivity index (χ3n) is 3.81. The number of rotatable bonds is 5. The first-order valence-electron chi connectivity index (χ1n) is 7.95. The monoisotopic (exact) mass is 396 g/mol. The van der Waals surface area contributed by atoms with E-state index in [4.69, 9.17) is 4.74 Å². The molecule has 8 nitrogen and oxygen atoms in total. The molecule has 3 aromatic rings. The maximum Gasteiger partial charge on any atom is 0.573 e. The summed E-state index contributed by atoms with van der Waals surface area (Å²) in [7, 11) is 1.36. The number of hydrogen-bond donors (Lipinski definition) is 1. The third kappa shape index (κ3) is 4.08. The summed E-state index contributed by atoms with van der Waals surface area (Å²) in [5.41, 5.74) is -0.0788. The first kappa shape index (κ1) is 19.3. The number of aromatic hydroxyl groups is 1. The number of tetrazole rings is 1. The molecule has 0 aliphatic carbocycles. The van der Waals surface area contributed by atoms with Gasteiger partial charge in [0, 0.05) is 7.05 Å². The minimum Gasteiger partial charge on any atom is -0.508 e. The van der Waals surface area contributed by atoms with E-state index in [1.165, 1.54) is 37.4 Å². The van der Waals surface area contributed by atoms with Crippen LogP contribution in [-0.4, -0.2) is 31.3 Å². The van der Waals surface area contributed by atoms with Crippen molar-refractivity contribution in [3.8, 4) is 22.9 Å². The molecule has 0 saturated heterocycles. The smallest absolute Gasteiger partial charge is 0.508 e. The Morgan fingerprint density at radius 1 is 1.14 bits per heavy atom. The molecule has 0 bridgehead atoms. The summed E-state index contributed by atoms with van der Waals surface area (Å²) in [6.07, 6.45) is -4.94. The van der Waals surface area contributed by atoms with Crippen LogP contribution in [0, 0.1) is 6.92 Å². The zero-order valence-corrected chi connectivity index (χ0v) is 14.8.